The Morgan fingerprint density at radius 3 is 1.83 bits per heavy atom. The molecule has 0 aliphatic rings. The van der Waals surface area contributed by atoms with Crippen LogP contribution in [-0.2, 0) is 32.7 Å². The Labute approximate surface area is 142 Å². The van der Waals surface area contributed by atoms with Crippen LogP contribution in [-0.4, -0.2) is 42.6 Å². The van der Waals surface area contributed by atoms with Crippen molar-refractivity contribution in [2.45, 2.75) is 65.4 Å². The summed E-state index contributed by atoms with van der Waals surface area (Å²) in [4.78, 5) is 23.7. The molecule has 0 bridgehead atoms. The summed E-state index contributed by atoms with van der Waals surface area (Å²) in [5, 5.41) is -1.02. The largest absolute Gasteiger partial charge is 0.466 e. The van der Waals surface area contributed by atoms with Crippen molar-refractivity contribution < 1.29 is 32.7 Å². The summed E-state index contributed by atoms with van der Waals surface area (Å²) in [7, 11) is 0. The highest BCUT2D eigenvalue weighted by atomic mass is 32.7. The van der Waals surface area contributed by atoms with E-state index < -0.39 is 24.0 Å². The molecule has 0 amide bonds. The van der Waals surface area contributed by atoms with Gasteiger partial charge in [-0.2, -0.15) is 0 Å². The lowest BCUT2D eigenvalue weighted by atomic mass is 10.3. The molecule has 0 aromatic rings. The van der Waals surface area contributed by atoms with Gasteiger partial charge in [0.25, 0.3) is 0 Å². The van der Waals surface area contributed by atoms with E-state index in [1.54, 1.807) is 41.5 Å². The zero-order valence-corrected chi connectivity index (χ0v) is 16.3. The zero-order chi connectivity index (χ0) is 18.0. The van der Waals surface area contributed by atoms with E-state index in [-0.39, 0.29) is 31.8 Å². The van der Waals surface area contributed by atoms with Crippen LogP contribution in [0.3, 0.4) is 0 Å². The van der Waals surface area contributed by atoms with Crippen molar-refractivity contribution in [2.24, 2.45) is 0 Å². The molecule has 0 aliphatic carbocycles. The van der Waals surface area contributed by atoms with E-state index >= 15 is 0 Å². The van der Waals surface area contributed by atoms with Crippen LogP contribution < -0.4 is 0 Å². The van der Waals surface area contributed by atoms with E-state index in [0.29, 0.717) is 11.4 Å². The quantitative estimate of drug-likeness (QED) is 0.403. The third kappa shape index (κ3) is 10.0. The SMILES string of the molecule is CCOC(=O)CC(SP(=O)(OC(C)C)OC(C)C)C(=O)OCC. The number of esters is 2. The first-order chi connectivity index (χ1) is 10.6. The van der Waals surface area contributed by atoms with Gasteiger partial charge in [-0.05, 0) is 52.9 Å². The van der Waals surface area contributed by atoms with Crippen molar-refractivity contribution in [1.29, 1.82) is 0 Å². The highest BCUT2D eigenvalue weighted by molar-refractivity contribution is 8.55. The minimum atomic E-state index is -3.63. The maximum Gasteiger partial charge on any atom is 0.390 e. The number of carbonyl (C=O) groups excluding carboxylic acids is 2. The van der Waals surface area contributed by atoms with Gasteiger partial charge in [-0.25, -0.2) is 4.57 Å². The number of hydrogen-bond donors (Lipinski definition) is 0. The van der Waals surface area contributed by atoms with E-state index in [0.717, 1.165) is 0 Å². The summed E-state index contributed by atoms with van der Waals surface area (Å²) in [5.41, 5.74) is 0. The Morgan fingerprint density at radius 2 is 1.43 bits per heavy atom. The molecule has 136 valence electrons. The van der Waals surface area contributed by atoms with Crippen LogP contribution in [0.4, 0.5) is 0 Å². The van der Waals surface area contributed by atoms with Gasteiger partial charge >= 0.3 is 18.7 Å². The lowest BCUT2D eigenvalue weighted by molar-refractivity contribution is -0.149. The molecule has 0 rings (SSSR count). The highest BCUT2D eigenvalue weighted by Gasteiger charge is 2.38. The van der Waals surface area contributed by atoms with Crippen LogP contribution in [0, 0.1) is 0 Å². The van der Waals surface area contributed by atoms with Crippen molar-refractivity contribution in [3.05, 3.63) is 0 Å². The van der Waals surface area contributed by atoms with Gasteiger partial charge in [0.2, 0.25) is 0 Å². The summed E-state index contributed by atoms with van der Waals surface area (Å²) < 4.78 is 33.4. The fourth-order valence-electron chi connectivity index (χ4n) is 1.52. The van der Waals surface area contributed by atoms with Gasteiger partial charge in [0.15, 0.2) is 0 Å². The molecular formula is C14H27O7PS. The number of carbonyl (C=O) groups is 2. The van der Waals surface area contributed by atoms with Gasteiger partial charge in [-0.15, -0.1) is 0 Å². The molecule has 0 radical (unpaired) electrons. The summed E-state index contributed by atoms with van der Waals surface area (Å²) in [6.45, 7) is 6.87. The normalized spacial score (nSPS) is 13.2. The topological polar surface area (TPSA) is 88.1 Å². The maximum atomic E-state index is 12.9. The molecule has 0 aliphatic heterocycles. The maximum absolute atomic E-state index is 12.9. The smallest absolute Gasteiger partial charge is 0.390 e. The second-order valence-electron chi connectivity index (χ2n) is 5.11. The predicted octanol–water partition coefficient (Wildman–Crippen LogP) is 3.56. The average Bonchev–Trinajstić information content (AvgIpc) is 2.36. The molecule has 1 atom stereocenters. The molecule has 23 heavy (non-hydrogen) atoms. The van der Waals surface area contributed by atoms with Crippen molar-refractivity contribution in [3.63, 3.8) is 0 Å². The molecule has 0 saturated carbocycles. The second-order valence-corrected chi connectivity index (χ2v) is 9.18. The Balaban J connectivity index is 5.21. The summed E-state index contributed by atoms with van der Waals surface area (Å²) in [5.74, 6) is -1.22. The van der Waals surface area contributed by atoms with E-state index in [4.69, 9.17) is 18.5 Å². The standard InChI is InChI=1S/C14H27O7PS/c1-7-18-13(15)9-12(14(16)19-8-2)23-22(17,20-10(3)4)21-11(5)6/h10-12H,7-9H2,1-6H3. The Kier molecular flexibility index (Phi) is 10.8. The van der Waals surface area contributed by atoms with Gasteiger partial charge in [0.1, 0.15) is 5.25 Å². The molecule has 0 heterocycles. The third-order valence-corrected chi connectivity index (χ3v) is 6.43. The monoisotopic (exact) mass is 370 g/mol. The van der Waals surface area contributed by atoms with Crippen molar-refractivity contribution >= 4 is 30.1 Å². The first-order valence-electron chi connectivity index (χ1n) is 7.61. The third-order valence-electron chi connectivity index (χ3n) is 2.14. The highest BCUT2D eigenvalue weighted by Crippen LogP contribution is 2.64. The minimum absolute atomic E-state index is 0.152. The molecule has 0 spiro atoms. The van der Waals surface area contributed by atoms with Crippen molar-refractivity contribution in [3.8, 4) is 0 Å². The number of rotatable bonds is 11. The first-order valence-corrected chi connectivity index (χ1v) is 10.6. The molecule has 0 fully saturated rings. The molecule has 0 saturated heterocycles. The zero-order valence-electron chi connectivity index (χ0n) is 14.6. The predicted molar refractivity (Wildman–Crippen MR) is 89.3 cm³/mol. The molecule has 0 aromatic heterocycles. The average molecular weight is 370 g/mol. The molecule has 0 aromatic carbocycles. The molecule has 1 unspecified atom stereocenters. The van der Waals surface area contributed by atoms with Crippen LogP contribution in [0.5, 0.6) is 0 Å². The minimum Gasteiger partial charge on any atom is -0.466 e. The summed E-state index contributed by atoms with van der Waals surface area (Å²) >= 11 is 0.687. The van der Waals surface area contributed by atoms with E-state index in [1.807, 2.05) is 0 Å². The fourth-order valence-corrected chi connectivity index (χ4v) is 6.12. The summed E-state index contributed by atoms with van der Waals surface area (Å²) in [6, 6.07) is 0. The molecule has 7 nitrogen and oxygen atoms in total. The van der Waals surface area contributed by atoms with Gasteiger partial charge < -0.3 is 9.47 Å². The van der Waals surface area contributed by atoms with Crippen molar-refractivity contribution in [2.75, 3.05) is 13.2 Å². The van der Waals surface area contributed by atoms with E-state index in [2.05, 4.69) is 0 Å². The molecule has 9 heteroatoms. The van der Waals surface area contributed by atoms with Gasteiger partial charge in [-0.3, -0.25) is 18.6 Å². The number of hydrogen-bond acceptors (Lipinski definition) is 8. The first kappa shape index (κ1) is 22.4. The van der Waals surface area contributed by atoms with Crippen LogP contribution >= 0.6 is 18.2 Å². The van der Waals surface area contributed by atoms with Crippen molar-refractivity contribution in [1.82, 2.24) is 0 Å². The van der Waals surface area contributed by atoms with Crippen LogP contribution in [0.15, 0.2) is 0 Å². The van der Waals surface area contributed by atoms with E-state index in [1.165, 1.54) is 0 Å². The fraction of sp³-hybridized carbons (Fsp3) is 0.857. The van der Waals surface area contributed by atoms with Gasteiger partial charge in [0.05, 0.1) is 31.8 Å². The molecule has 0 N–H and O–H groups in total. The van der Waals surface area contributed by atoms with Crippen LogP contribution in [0.25, 0.3) is 0 Å². The van der Waals surface area contributed by atoms with Crippen LogP contribution in [0.1, 0.15) is 48.0 Å². The molecular weight excluding hydrogens is 343 g/mol. The van der Waals surface area contributed by atoms with E-state index in [9.17, 15) is 14.2 Å². The lowest BCUT2D eigenvalue weighted by Gasteiger charge is -2.24. The van der Waals surface area contributed by atoms with Crippen LogP contribution in [0.2, 0.25) is 0 Å². The summed E-state index contributed by atoms with van der Waals surface area (Å²) in [6.07, 6.45) is -0.986. The Bertz CT molecular complexity index is 411. The second kappa shape index (κ2) is 11.1. The Hall–Kier alpha value is -0.560. The van der Waals surface area contributed by atoms with Gasteiger partial charge in [-0.1, -0.05) is 0 Å². The van der Waals surface area contributed by atoms with Gasteiger partial charge in [0, 0.05) is 0 Å². The Morgan fingerprint density at radius 1 is 0.957 bits per heavy atom. The number of ether oxygens (including phenoxy) is 2. The lowest BCUT2D eigenvalue weighted by Crippen LogP contribution is -2.25.